The summed E-state index contributed by atoms with van der Waals surface area (Å²) in [7, 11) is 0. The second-order valence-electron chi connectivity index (χ2n) is 4.21. The van der Waals surface area contributed by atoms with Crippen LogP contribution in [0.2, 0.25) is 0 Å². The van der Waals surface area contributed by atoms with E-state index >= 15 is 0 Å². The topological polar surface area (TPSA) is 42.7 Å². The smallest absolute Gasteiger partial charge is 0.164 e. The molecule has 0 atom stereocenters. The Labute approximate surface area is 106 Å². The summed E-state index contributed by atoms with van der Waals surface area (Å²) in [6.07, 6.45) is 1.68. The molecule has 4 nitrogen and oxygen atoms in total. The predicted molar refractivity (Wildman–Crippen MR) is 67.6 cm³/mol. The minimum atomic E-state index is -0.219. The zero-order valence-electron chi connectivity index (χ0n) is 10.7. The molecule has 5 heteroatoms. The van der Waals surface area contributed by atoms with Crippen LogP contribution in [0, 0.1) is 12.7 Å². The number of aryl methyl sites for hydroxylation is 1. The van der Waals surface area contributed by atoms with Crippen molar-refractivity contribution in [2.45, 2.75) is 26.9 Å². The number of hydrogen-bond acceptors (Lipinski definition) is 3. The Morgan fingerprint density at radius 2 is 2.22 bits per heavy atom. The van der Waals surface area contributed by atoms with Crippen LogP contribution in [0.25, 0.3) is 0 Å². The summed E-state index contributed by atoms with van der Waals surface area (Å²) in [4.78, 5) is 4.20. The Morgan fingerprint density at radius 3 is 3.00 bits per heavy atom. The third-order valence-electron chi connectivity index (χ3n) is 2.76. The lowest BCUT2D eigenvalue weighted by atomic mass is 10.1. The number of nitrogens with zero attached hydrogens (tertiary/aromatic N) is 3. The highest BCUT2D eigenvalue weighted by Gasteiger charge is 2.04. The molecule has 0 aliphatic carbocycles. The fraction of sp³-hybridized carbons (Fsp3) is 0.385. The Balaban J connectivity index is 2.08. The number of rotatable bonds is 5. The first-order valence-electron chi connectivity index (χ1n) is 6.03. The van der Waals surface area contributed by atoms with Gasteiger partial charge in [-0.05, 0) is 36.7 Å². The van der Waals surface area contributed by atoms with Crippen molar-refractivity contribution in [3.8, 4) is 0 Å². The number of halogens is 1. The SMILES string of the molecule is CCNCc1ncn(Cc2cc(F)ccc2C)n1. The molecule has 0 saturated carbocycles. The van der Waals surface area contributed by atoms with Crippen molar-refractivity contribution in [3.05, 3.63) is 47.3 Å². The van der Waals surface area contributed by atoms with Gasteiger partial charge in [0.05, 0.1) is 13.1 Å². The number of aromatic nitrogens is 3. The normalized spacial score (nSPS) is 10.8. The van der Waals surface area contributed by atoms with E-state index in [-0.39, 0.29) is 5.82 Å². The molecule has 0 unspecified atom stereocenters. The maximum Gasteiger partial charge on any atom is 0.164 e. The van der Waals surface area contributed by atoms with Gasteiger partial charge in [-0.3, -0.25) is 0 Å². The Morgan fingerprint density at radius 1 is 1.39 bits per heavy atom. The molecule has 2 rings (SSSR count). The molecule has 18 heavy (non-hydrogen) atoms. The third kappa shape index (κ3) is 3.13. The van der Waals surface area contributed by atoms with Crippen LogP contribution in [0.4, 0.5) is 4.39 Å². The summed E-state index contributed by atoms with van der Waals surface area (Å²) >= 11 is 0. The molecule has 2 aromatic rings. The lowest BCUT2D eigenvalue weighted by Crippen LogP contribution is -2.13. The zero-order chi connectivity index (χ0) is 13.0. The lowest BCUT2D eigenvalue weighted by Gasteiger charge is -2.05. The number of hydrogen-bond donors (Lipinski definition) is 1. The molecule has 1 aromatic carbocycles. The van der Waals surface area contributed by atoms with Crippen molar-refractivity contribution in [2.24, 2.45) is 0 Å². The fourth-order valence-corrected chi connectivity index (χ4v) is 1.71. The molecular weight excluding hydrogens is 231 g/mol. The summed E-state index contributed by atoms with van der Waals surface area (Å²) in [5, 5.41) is 7.50. The molecule has 0 spiro atoms. The van der Waals surface area contributed by atoms with Crippen molar-refractivity contribution in [3.63, 3.8) is 0 Å². The molecule has 0 fully saturated rings. The summed E-state index contributed by atoms with van der Waals surface area (Å²) in [6, 6.07) is 4.79. The summed E-state index contributed by atoms with van der Waals surface area (Å²) in [5.74, 6) is 0.537. The first-order valence-corrected chi connectivity index (χ1v) is 6.03. The van der Waals surface area contributed by atoms with E-state index in [0.717, 1.165) is 23.5 Å². The van der Waals surface area contributed by atoms with Crippen LogP contribution in [0.15, 0.2) is 24.5 Å². The van der Waals surface area contributed by atoms with Crippen molar-refractivity contribution < 1.29 is 4.39 Å². The van der Waals surface area contributed by atoms with Crippen LogP contribution in [0.3, 0.4) is 0 Å². The summed E-state index contributed by atoms with van der Waals surface area (Å²) in [6.45, 7) is 6.09. The second kappa shape index (κ2) is 5.73. The zero-order valence-corrected chi connectivity index (χ0v) is 10.7. The van der Waals surface area contributed by atoms with Gasteiger partial charge in [-0.15, -0.1) is 0 Å². The van der Waals surface area contributed by atoms with Crippen LogP contribution in [0.1, 0.15) is 23.9 Å². The highest BCUT2D eigenvalue weighted by molar-refractivity contribution is 5.26. The van der Waals surface area contributed by atoms with Crippen LogP contribution < -0.4 is 5.32 Å². The summed E-state index contributed by atoms with van der Waals surface area (Å²) in [5.41, 5.74) is 1.98. The van der Waals surface area contributed by atoms with Gasteiger partial charge in [0.25, 0.3) is 0 Å². The molecule has 96 valence electrons. The van der Waals surface area contributed by atoms with Gasteiger partial charge < -0.3 is 5.32 Å². The van der Waals surface area contributed by atoms with E-state index in [4.69, 9.17) is 0 Å². The predicted octanol–water partition coefficient (Wildman–Crippen LogP) is 1.88. The molecule has 1 heterocycles. The van der Waals surface area contributed by atoms with Crippen LogP contribution in [0.5, 0.6) is 0 Å². The molecule has 0 bridgehead atoms. The quantitative estimate of drug-likeness (QED) is 0.878. The van der Waals surface area contributed by atoms with Crippen molar-refractivity contribution in [1.82, 2.24) is 20.1 Å². The Kier molecular flexibility index (Phi) is 4.04. The van der Waals surface area contributed by atoms with Crippen LogP contribution >= 0.6 is 0 Å². The highest BCUT2D eigenvalue weighted by atomic mass is 19.1. The number of nitrogens with one attached hydrogen (secondary N) is 1. The van der Waals surface area contributed by atoms with Gasteiger partial charge in [0.15, 0.2) is 5.82 Å². The molecule has 0 saturated heterocycles. The molecular formula is C13H17FN4. The van der Waals surface area contributed by atoms with Crippen LogP contribution in [-0.2, 0) is 13.1 Å². The maximum atomic E-state index is 13.2. The highest BCUT2D eigenvalue weighted by Crippen LogP contribution is 2.11. The van der Waals surface area contributed by atoms with E-state index < -0.39 is 0 Å². The van der Waals surface area contributed by atoms with E-state index in [0.29, 0.717) is 13.1 Å². The average molecular weight is 248 g/mol. The molecule has 0 radical (unpaired) electrons. The second-order valence-corrected chi connectivity index (χ2v) is 4.21. The van der Waals surface area contributed by atoms with E-state index in [1.54, 1.807) is 23.1 Å². The van der Waals surface area contributed by atoms with E-state index in [9.17, 15) is 4.39 Å². The van der Waals surface area contributed by atoms with Crippen molar-refractivity contribution in [1.29, 1.82) is 0 Å². The maximum absolute atomic E-state index is 13.2. The van der Waals surface area contributed by atoms with Crippen molar-refractivity contribution >= 4 is 0 Å². The Bertz CT molecular complexity index is 521. The molecule has 1 N–H and O–H groups in total. The first kappa shape index (κ1) is 12.7. The van der Waals surface area contributed by atoms with Crippen LogP contribution in [-0.4, -0.2) is 21.3 Å². The third-order valence-corrected chi connectivity index (χ3v) is 2.76. The lowest BCUT2D eigenvalue weighted by molar-refractivity contribution is 0.613. The molecule has 0 aliphatic heterocycles. The van der Waals surface area contributed by atoms with Gasteiger partial charge in [0, 0.05) is 0 Å². The monoisotopic (exact) mass is 248 g/mol. The Hall–Kier alpha value is -1.75. The van der Waals surface area contributed by atoms with Gasteiger partial charge in [0.2, 0.25) is 0 Å². The van der Waals surface area contributed by atoms with Gasteiger partial charge >= 0.3 is 0 Å². The van der Waals surface area contributed by atoms with Gasteiger partial charge in [-0.2, -0.15) is 5.10 Å². The molecule has 1 aromatic heterocycles. The van der Waals surface area contributed by atoms with Gasteiger partial charge in [-0.25, -0.2) is 14.1 Å². The van der Waals surface area contributed by atoms with Crippen molar-refractivity contribution in [2.75, 3.05) is 6.54 Å². The summed E-state index contributed by atoms with van der Waals surface area (Å²) < 4.78 is 14.9. The first-order chi connectivity index (χ1) is 8.69. The van der Waals surface area contributed by atoms with E-state index in [2.05, 4.69) is 15.4 Å². The molecule has 0 amide bonds. The largest absolute Gasteiger partial charge is 0.310 e. The van der Waals surface area contributed by atoms with E-state index in [1.807, 2.05) is 13.8 Å². The standard InChI is InChI=1S/C13H17FN4/c1-3-15-7-13-16-9-18(17-13)8-11-6-12(14)5-4-10(11)2/h4-6,9,15H,3,7-8H2,1-2H3. The van der Waals surface area contributed by atoms with Gasteiger partial charge in [0.1, 0.15) is 12.1 Å². The minimum absolute atomic E-state index is 0.219. The van der Waals surface area contributed by atoms with Gasteiger partial charge in [-0.1, -0.05) is 13.0 Å². The minimum Gasteiger partial charge on any atom is -0.310 e. The average Bonchev–Trinajstić information content (AvgIpc) is 2.79. The fourth-order valence-electron chi connectivity index (χ4n) is 1.71. The van der Waals surface area contributed by atoms with E-state index in [1.165, 1.54) is 6.07 Å². The number of benzene rings is 1. The molecule has 0 aliphatic rings.